The van der Waals surface area contributed by atoms with Gasteiger partial charge in [0.15, 0.2) is 0 Å². The van der Waals surface area contributed by atoms with Crippen LogP contribution in [-0.2, 0) is 0 Å². The summed E-state index contributed by atoms with van der Waals surface area (Å²) in [5, 5.41) is 3.92. The van der Waals surface area contributed by atoms with Crippen molar-refractivity contribution in [3.63, 3.8) is 0 Å². The fourth-order valence-corrected chi connectivity index (χ4v) is 3.62. The second-order valence-corrected chi connectivity index (χ2v) is 6.44. The quantitative estimate of drug-likeness (QED) is 0.886. The fourth-order valence-electron chi connectivity index (χ4n) is 2.57. The summed E-state index contributed by atoms with van der Waals surface area (Å²) in [4.78, 5) is 17.2. The van der Waals surface area contributed by atoms with Gasteiger partial charge in [0.2, 0.25) is 0 Å². The average Bonchev–Trinajstić information content (AvgIpc) is 2.81. The third kappa shape index (κ3) is 3.24. The number of carbonyl (C=O) groups is 1. The Morgan fingerprint density at radius 2 is 2.15 bits per heavy atom. The van der Waals surface area contributed by atoms with Crippen LogP contribution in [0.3, 0.4) is 0 Å². The van der Waals surface area contributed by atoms with Gasteiger partial charge in [-0.05, 0) is 39.9 Å². The van der Waals surface area contributed by atoms with Gasteiger partial charge in [-0.15, -0.1) is 11.3 Å². The van der Waals surface area contributed by atoms with Crippen LogP contribution < -0.4 is 16.0 Å². The molecule has 0 unspecified atom stereocenters. The summed E-state index contributed by atoms with van der Waals surface area (Å²) in [6, 6.07) is 2.59. The Hall–Kier alpha value is -1.27. The Balaban J connectivity index is 2.04. The fraction of sp³-hybridized carbons (Fsp3) is 0.643. The second-order valence-electron chi connectivity index (χ2n) is 5.41. The summed E-state index contributed by atoms with van der Waals surface area (Å²) >= 11 is 1.50. The van der Waals surface area contributed by atoms with Gasteiger partial charge >= 0.3 is 0 Å². The Morgan fingerprint density at radius 1 is 1.50 bits per heavy atom. The van der Waals surface area contributed by atoms with Crippen molar-refractivity contribution in [2.24, 2.45) is 0 Å². The predicted molar refractivity (Wildman–Crippen MR) is 85.7 cm³/mol. The Kier molecular flexibility index (Phi) is 4.88. The van der Waals surface area contributed by atoms with Crippen molar-refractivity contribution >= 4 is 27.9 Å². The lowest BCUT2D eigenvalue weighted by molar-refractivity contribution is 0.0960. The molecule has 3 N–H and O–H groups in total. The van der Waals surface area contributed by atoms with Crippen molar-refractivity contribution in [3.8, 4) is 0 Å². The molecule has 0 radical (unpaired) electrons. The van der Waals surface area contributed by atoms with Crippen LogP contribution in [0.1, 0.15) is 29.4 Å². The monoisotopic (exact) mass is 296 g/mol. The van der Waals surface area contributed by atoms with Crippen molar-refractivity contribution in [3.05, 3.63) is 10.9 Å². The number of carbonyl (C=O) groups excluding carboxylic acids is 1. The minimum Gasteiger partial charge on any atom is -0.397 e. The molecule has 2 rings (SSSR count). The number of thiophene rings is 1. The number of hydrogen-bond acceptors (Lipinski definition) is 5. The number of amides is 1. The summed E-state index contributed by atoms with van der Waals surface area (Å²) in [6.45, 7) is 4.59. The molecule has 0 atom stereocenters. The van der Waals surface area contributed by atoms with E-state index in [-0.39, 0.29) is 5.91 Å². The highest BCUT2D eigenvalue weighted by Gasteiger charge is 2.23. The largest absolute Gasteiger partial charge is 0.397 e. The standard InChI is InChI=1S/C14H24N4OS/c1-4-16-14(19)13-11(15)9-12(20-13)18-7-5-10(6-8-18)17(2)3/h9-10H,4-8,15H2,1-3H3,(H,16,19). The van der Waals surface area contributed by atoms with Crippen LogP contribution in [0.25, 0.3) is 0 Å². The van der Waals surface area contributed by atoms with E-state index in [0.29, 0.717) is 23.2 Å². The topological polar surface area (TPSA) is 61.6 Å². The maximum atomic E-state index is 11.9. The summed E-state index contributed by atoms with van der Waals surface area (Å²) in [7, 11) is 4.27. The van der Waals surface area contributed by atoms with E-state index in [2.05, 4.69) is 29.2 Å². The number of nitrogens with one attached hydrogen (secondary N) is 1. The summed E-state index contributed by atoms with van der Waals surface area (Å²) < 4.78 is 0. The van der Waals surface area contributed by atoms with Crippen LogP contribution in [0.4, 0.5) is 10.7 Å². The molecule has 0 saturated carbocycles. The van der Waals surface area contributed by atoms with Crippen molar-refractivity contribution < 1.29 is 4.79 Å². The number of nitrogen functional groups attached to an aromatic ring is 1. The normalized spacial score (nSPS) is 16.7. The van der Waals surface area contributed by atoms with Crippen molar-refractivity contribution in [1.82, 2.24) is 10.2 Å². The van der Waals surface area contributed by atoms with E-state index in [1.54, 1.807) is 0 Å². The third-order valence-electron chi connectivity index (χ3n) is 3.80. The van der Waals surface area contributed by atoms with E-state index < -0.39 is 0 Å². The zero-order valence-electron chi connectivity index (χ0n) is 12.5. The summed E-state index contributed by atoms with van der Waals surface area (Å²) in [5.41, 5.74) is 6.56. The zero-order valence-corrected chi connectivity index (χ0v) is 13.3. The third-order valence-corrected chi connectivity index (χ3v) is 5.01. The van der Waals surface area contributed by atoms with E-state index in [4.69, 9.17) is 5.73 Å². The molecule has 1 fully saturated rings. The van der Waals surface area contributed by atoms with Gasteiger partial charge in [-0.3, -0.25) is 4.79 Å². The van der Waals surface area contributed by atoms with Crippen LogP contribution in [0, 0.1) is 0 Å². The second kappa shape index (κ2) is 6.45. The number of rotatable bonds is 4. The SMILES string of the molecule is CCNC(=O)c1sc(N2CCC(N(C)C)CC2)cc1N. The van der Waals surface area contributed by atoms with Gasteiger partial charge in [0.25, 0.3) is 5.91 Å². The molecule has 0 aliphatic carbocycles. The number of hydrogen-bond donors (Lipinski definition) is 2. The van der Waals surface area contributed by atoms with E-state index in [9.17, 15) is 4.79 Å². The highest BCUT2D eigenvalue weighted by atomic mass is 32.1. The molecule has 5 nitrogen and oxygen atoms in total. The van der Waals surface area contributed by atoms with Gasteiger partial charge in [-0.2, -0.15) is 0 Å². The molecule has 2 heterocycles. The molecule has 1 aromatic heterocycles. The number of anilines is 2. The summed E-state index contributed by atoms with van der Waals surface area (Å²) in [6.07, 6.45) is 2.31. The smallest absolute Gasteiger partial charge is 0.263 e. The maximum Gasteiger partial charge on any atom is 0.263 e. The first-order valence-electron chi connectivity index (χ1n) is 7.11. The van der Waals surface area contributed by atoms with E-state index in [1.807, 2.05) is 13.0 Å². The predicted octanol–water partition coefficient (Wildman–Crippen LogP) is 1.61. The van der Waals surface area contributed by atoms with Crippen LogP contribution in [0.15, 0.2) is 6.07 Å². The van der Waals surface area contributed by atoms with Gasteiger partial charge < -0.3 is 20.9 Å². The van der Waals surface area contributed by atoms with Crippen molar-refractivity contribution in [1.29, 1.82) is 0 Å². The van der Waals surface area contributed by atoms with Gasteiger partial charge in [0, 0.05) is 25.7 Å². The van der Waals surface area contributed by atoms with Gasteiger partial charge in [-0.25, -0.2) is 0 Å². The number of piperidine rings is 1. The zero-order chi connectivity index (χ0) is 14.7. The Morgan fingerprint density at radius 3 is 2.70 bits per heavy atom. The number of nitrogens with zero attached hydrogens (tertiary/aromatic N) is 2. The van der Waals surface area contributed by atoms with E-state index in [1.165, 1.54) is 11.3 Å². The highest BCUT2D eigenvalue weighted by molar-refractivity contribution is 7.18. The van der Waals surface area contributed by atoms with Crippen LogP contribution in [0.5, 0.6) is 0 Å². The van der Waals surface area contributed by atoms with E-state index >= 15 is 0 Å². The van der Waals surface area contributed by atoms with Crippen LogP contribution in [0.2, 0.25) is 0 Å². The van der Waals surface area contributed by atoms with Gasteiger partial charge in [0.05, 0.1) is 10.7 Å². The van der Waals surface area contributed by atoms with Crippen LogP contribution >= 0.6 is 11.3 Å². The molecular formula is C14H24N4OS. The molecule has 0 aromatic carbocycles. The van der Waals surface area contributed by atoms with E-state index in [0.717, 1.165) is 30.9 Å². The molecule has 0 bridgehead atoms. The molecule has 1 aliphatic heterocycles. The van der Waals surface area contributed by atoms with Gasteiger partial charge in [0.1, 0.15) is 4.88 Å². The minimum absolute atomic E-state index is 0.0653. The number of nitrogens with two attached hydrogens (primary N) is 1. The Labute approximate surface area is 124 Å². The van der Waals surface area contributed by atoms with Crippen molar-refractivity contribution in [2.45, 2.75) is 25.8 Å². The lowest BCUT2D eigenvalue weighted by Gasteiger charge is -2.35. The average molecular weight is 296 g/mol. The molecule has 1 saturated heterocycles. The molecular weight excluding hydrogens is 272 g/mol. The van der Waals surface area contributed by atoms with Crippen molar-refractivity contribution in [2.75, 3.05) is 44.4 Å². The van der Waals surface area contributed by atoms with Crippen LogP contribution in [-0.4, -0.2) is 50.6 Å². The summed E-state index contributed by atoms with van der Waals surface area (Å²) in [5.74, 6) is -0.0653. The highest BCUT2D eigenvalue weighted by Crippen LogP contribution is 2.34. The first kappa shape index (κ1) is 15.1. The minimum atomic E-state index is -0.0653. The molecule has 0 spiro atoms. The first-order valence-corrected chi connectivity index (χ1v) is 7.93. The molecule has 1 amide bonds. The molecule has 1 aliphatic rings. The Bertz CT molecular complexity index is 464. The maximum absolute atomic E-state index is 11.9. The first-order chi connectivity index (χ1) is 9.52. The molecule has 1 aromatic rings. The van der Waals surface area contributed by atoms with Gasteiger partial charge in [-0.1, -0.05) is 0 Å². The molecule has 112 valence electrons. The lowest BCUT2D eigenvalue weighted by Crippen LogP contribution is -2.41. The lowest BCUT2D eigenvalue weighted by atomic mass is 10.0. The molecule has 20 heavy (non-hydrogen) atoms. The molecule has 6 heteroatoms.